The number of fused-ring (bicyclic) bond motifs is 1. The summed E-state index contributed by atoms with van der Waals surface area (Å²) in [5.74, 6) is 0.672. The van der Waals surface area contributed by atoms with Crippen LogP contribution >= 0.6 is 0 Å². The number of aromatic nitrogens is 2. The summed E-state index contributed by atoms with van der Waals surface area (Å²) in [5, 5.41) is 0. The van der Waals surface area contributed by atoms with Crippen molar-refractivity contribution in [2.75, 3.05) is 6.61 Å². The quantitative estimate of drug-likeness (QED) is 0.674. The molecule has 0 radical (unpaired) electrons. The number of rotatable bonds is 3. The molecule has 1 fully saturated rings. The van der Waals surface area contributed by atoms with E-state index >= 15 is 0 Å². The molecule has 0 spiro atoms. The third-order valence-corrected chi connectivity index (χ3v) is 4.52. The van der Waals surface area contributed by atoms with E-state index in [1.54, 1.807) is 0 Å². The van der Waals surface area contributed by atoms with Crippen molar-refractivity contribution in [3.05, 3.63) is 54.1 Å². The topological polar surface area (TPSA) is 27.1 Å². The van der Waals surface area contributed by atoms with Gasteiger partial charge in [-0.2, -0.15) is 13.2 Å². The van der Waals surface area contributed by atoms with E-state index in [0.29, 0.717) is 23.4 Å². The maximum absolute atomic E-state index is 13.0. The first-order valence-electron chi connectivity index (χ1n) is 8.27. The molecule has 6 heteroatoms. The highest BCUT2D eigenvalue weighted by atomic mass is 19.4. The second-order valence-electron chi connectivity index (χ2n) is 6.25. The smallest absolute Gasteiger partial charge is 0.376 e. The van der Waals surface area contributed by atoms with Crippen LogP contribution in [0.2, 0.25) is 0 Å². The standard InChI is InChI=1S/C19H17F3N2O/c20-19(21,22)14-8-9-17-16(11-14)23-18(13-5-2-1-3-6-13)24(17)12-15-7-4-10-25-15/h1-3,5-6,8-9,11,15H,4,7,10,12H2. The predicted octanol–water partition coefficient (Wildman–Crippen LogP) is 4.90. The van der Waals surface area contributed by atoms with Gasteiger partial charge in [-0.3, -0.25) is 0 Å². The van der Waals surface area contributed by atoms with Crippen LogP contribution in [0.25, 0.3) is 22.4 Å². The molecule has 2 heterocycles. The van der Waals surface area contributed by atoms with Gasteiger partial charge in [0.1, 0.15) is 5.82 Å². The molecule has 3 aromatic rings. The highest BCUT2D eigenvalue weighted by Gasteiger charge is 2.31. The molecule has 0 N–H and O–H groups in total. The van der Waals surface area contributed by atoms with E-state index in [9.17, 15) is 13.2 Å². The molecule has 1 aliphatic heterocycles. The molecule has 130 valence electrons. The Morgan fingerprint density at radius 2 is 1.92 bits per heavy atom. The first-order chi connectivity index (χ1) is 12.0. The van der Waals surface area contributed by atoms with Gasteiger partial charge in [-0.25, -0.2) is 4.98 Å². The monoisotopic (exact) mass is 346 g/mol. The molecule has 0 amide bonds. The van der Waals surface area contributed by atoms with Gasteiger partial charge >= 0.3 is 6.18 Å². The van der Waals surface area contributed by atoms with Crippen LogP contribution in [-0.2, 0) is 17.5 Å². The zero-order chi connectivity index (χ0) is 17.4. The van der Waals surface area contributed by atoms with Gasteiger partial charge in [-0.05, 0) is 31.0 Å². The van der Waals surface area contributed by atoms with Crippen molar-refractivity contribution in [2.45, 2.75) is 31.7 Å². The lowest BCUT2D eigenvalue weighted by Crippen LogP contribution is -2.15. The maximum Gasteiger partial charge on any atom is 0.416 e. The van der Waals surface area contributed by atoms with Crippen LogP contribution in [0, 0.1) is 0 Å². The van der Waals surface area contributed by atoms with Gasteiger partial charge in [-0.1, -0.05) is 30.3 Å². The molecule has 4 rings (SSSR count). The van der Waals surface area contributed by atoms with Crippen LogP contribution in [0.15, 0.2) is 48.5 Å². The number of ether oxygens (including phenoxy) is 1. The van der Waals surface area contributed by atoms with E-state index in [1.165, 1.54) is 6.07 Å². The maximum atomic E-state index is 13.0. The first-order valence-corrected chi connectivity index (χ1v) is 8.27. The number of alkyl halides is 3. The molecule has 3 nitrogen and oxygen atoms in total. The second kappa shape index (κ2) is 6.19. The molecule has 0 saturated carbocycles. The van der Waals surface area contributed by atoms with Crippen molar-refractivity contribution in [1.82, 2.24) is 9.55 Å². The Kier molecular flexibility index (Phi) is 4.00. The molecule has 0 aliphatic carbocycles. The minimum Gasteiger partial charge on any atom is -0.376 e. The lowest BCUT2D eigenvalue weighted by molar-refractivity contribution is -0.137. The van der Waals surface area contributed by atoms with Gasteiger partial charge in [-0.15, -0.1) is 0 Å². The highest BCUT2D eigenvalue weighted by molar-refractivity contribution is 5.81. The lowest BCUT2D eigenvalue weighted by atomic mass is 10.2. The van der Waals surface area contributed by atoms with Gasteiger partial charge < -0.3 is 9.30 Å². The van der Waals surface area contributed by atoms with E-state index in [1.807, 2.05) is 34.9 Å². The third-order valence-electron chi connectivity index (χ3n) is 4.52. The first kappa shape index (κ1) is 16.1. The van der Waals surface area contributed by atoms with Gasteiger partial charge in [0, 0.05) is 12.2 Å². The Labute approximate surface area is 143 Å². The SMILES string of the molecule is FC(F)(F)c1ccc2c(c1)nc(-c1ccccc1)n2CC1CCCO1. The van der Waals surface area contributed by atoms with Crippen LogP contribution in [0.3, 0.4) is 0 Å². The Balaban J connectivity index is 1.85. The zero-order valence-corrected chi connectivity index (χ0v) is 13.5. The lowest BCUT2D eigenvalue weighted by Gasteiger charge is -2.14. The van der Waals surface area contributed by atoms with Gasteiger partial charge in [0.15, 0.2) is 0 Å². The summed E-state index contributed by atoms with van der Waals surface area (Å²) in [5.41, 5.74) is 1.25. The normalized spacial score (nSPS) is 18.1. The summed E-state index contributed by atoms with van der Waals surface area (Å²) in [6.07, 6.45) is -2.34. The number of benzene rings is 2. The van der Waals surface area contributed by atoms with E-state index in [0.717, 1.165) is 37.1 Å². The number of imidazole rings is 1. The van der Waals surface area contributed by atoms with Gasteiger partial charge in [0.2, 0.25) is 0 Å². The largest absolute Gasteiger partial charge is 0.416 e. The van der Waals surface area contributed by atoms with Crippen molar-refractivity contribution in [2.24, 2.45) is 0 Å². The fourth-order valence-electron chi connectivity index (χ4n) is 3.29. The minimum absolute atomic E-state index is 0.0714. The third kappa shape index (κ3) is 3.14. The number of hydrogen-bond acceptors (Lipinski definition) is 2. The van der Waals surface area contributed by atoms with E-state index in [4.69, 9.17) is 4.74 Å². The van der Waals surface area contributed by atoms with E-state index in [-0.39, 0.29) is 6.10 Å². The van der Waals surface area contributed by atoms with Crippen LogP contribution in [-0.4, -0.2) is 22.3 Å². The van der Waals surface area contributed by atoms with Gasteiger partial charge in [0.05, 0.1) is 29.2 Å². The molecular formula is C19H17F3N2O. The summed E-state index contributed by atoms with van der Waals surface area (Å²) in [7, 11) is 0. The fourth-order valence-corrected chi connectivity index (χ4v) is 3.29. The summed E-state index contributed by atoms with van der Waals surface area (Å²) in [4.78, 5) is 4.51. The summed E-state index contributed by atoms with van der Waals surface area (Å²) >= 11 is 0. The van der Waals surface area contributed by atoms with E-state index < -0.39 is 11.7 Å². The van der Waals surface area contributed by atoms with Crippen LogP contribution < -0.4 is 0 Å². The number of hydrogen-bond donors (Lipinski definition) is 0. The molecule has 1 aliphatic rings. The number of halogens is 3. The van der Waals surface area contributed by atoms with Crippen LogP contribution in [0.4, 0.5) is 13.2 Å². The minimum atomic E-state index is -4.38. The summed E-state index contributed by atoms with van der Waals surface area (Å²) < 4.78 is 46.7. The average molecular weight is 346 g/mol. The molecule has 0 bridgehead atoms. The number of nitrogens with zero attached hydrogens (tertiary/aromatic N) is 2. The Bertz CT molecular complexity index is 881. The molecule has 1 saturated heterocycles. The van der Waals surface area contributed by atoms with Crippen LogP contribution in [0.1, 0.15) is 18.4 Å². The zero-order valence-electron chi connectivity index (χ0n) is 13.5. The van der Waals surface area contributed by atoms with Crippen molar-refractivity contribution in [1.29, 1.82) is 0 Å². The molecular weight excluding hydrogens is 329 g/mol. The molecule has 1 unspecified atom stereocenters. The van der Waals surface area contributed by atoms with Crippen molar-refractivity contribution < 1.29 is 17.9 Å². The molecule has 2 aromatic carbocycles. The molecule has 1 atom stereocenters. The summed E-state index contributed by atoms with van der Waals surface area (Å²) in [6.45, 7) is 1.32. The van der Waals surface area contributed by atoms with Crippen molar-refractivity contribution in [3.63, 3.8) is 0 Å². The fraction of sp³-hybridized carbons (Fsp3) is 0.316. The highest BCUT2D eigenvalue weighted by Crippen LogP contribution is 2.33. The Morgan fingerprint density at radius 3 is 2.60 bits per heavy atom. The second-order valence-corrected chi connectivity index (χ2v) is 6.25. The van der Waals surface area contributed by atoms with Crippen molar-refractivity contribution >= 4 is 11.0 Å². The average Bonchev–Trinajstić information content (AvgIpc) is 3.23. The Morgan fingerprint density at radius 1 is 1.12 bits per heavy atom. The van der Waals surface area contributed by atoms with Gasteiger partial charge in [0.25, 0.3) is 0 Å². The molecule has 25 heavy (non-hydrogen) atoms. The predicted molar refractivity (Wildman–Crippen MR) is 89.1 cm³/mol. The summed E-state index contributed by atoms with van der Waals surface area (Å²) in [6, 6.07) is 13.3. The van der Waals surface area contributed by atoms with Crippen molar-refractivity contribution in [3.8, 4) is 11.4 Å². The van der Waals surface area contributed by atoms with E-state index in [2.05, 4.69) is 4.98 Å². The van der Waals surface area contributed by atoms with Crippen LogP contribution in [0.5, 0.6) is 0 Å². The molecule has 1 aromatic heterocycles. The Hall–Kier alpha value is -2.34.